The lowest BCUT2D eigenvalue weighted by atomic mass is 9.91. The Hall–Kier alpha value is -1.17. The molecule has 5 heteroatoms. The zero-order chi connectivity index (χ0) is 14.7. The van der Waals surface area contributed by atoms with E-state index in [4.69, 9.17) is 19.9 Å². The maximum atomic E-state index is 14.1. The average Bonchev–Trinajstić information content (AvgIpc) is 2.91. The van der Waals surface area contributed by atoms with Crippen molar-refractivity contribution in [3.63, 3.8) is 0 Å². The number of rotatable bonds is 4. The quantitative estimate of drug-likeness (QED) is 0.923. The highest BCUT2D eigenvalue weighted by atomic mass is 19.1. The molecule has 1 aromatic carbocycles. The first-order valence-corrected chi connectivity index (χ1v) is 7.58. The monoisotopic (exact) mass is 295 g/mol. The molecule has 21 heavy (non-hydrogen) atoms. The molecule has 4 nitrogen and oxygen atoms in total. The van der Waals surface area contributed by atoms with Crippen LogP contribution in [-0.2, 0) is 15.9 Å². The molecule has 2 saturated heterocycles. The van der Waals surface area contributed by atoms with Crippen molar-refractivity contribution in [3.05, 3.63) is 29.6 Å². The van der Waals surface area contributed by atoms with Gasteiger partial charge in [0, 0.05) is 25.9 Å². The fourth-order valence-electron chi connectivity index (χ4n) is 3.15. The van der Waals surface area contributed by atoms with E-state index in [1.165, 1.54) is 6.07 Å². The van der Waals surface area contributed by atoms with Gasteiger partial charge >= 0.3 is 0 Å². The number of nitrogens with two attached hydrogens (primary N) is 1. The molecule has 1 spiro atoms. The molecule has 2 aliphatic heterocycles. The van der Waals surface area contributed by atoms with Gasteiger partial charge in [-0.2, -0.15) is 0 Å². The predicted octanol–water partition coefficient (Wildman–Crippen LogP) is 2.04. The van der Waals surface area contributed by atoms with Crippen LogP contribution in [0.5, 0.6) is 5.75 Å². The largest absolute Gasteiger partial charge is 0.487 e. The average molecular weight is 295 g/mol. The summed E-state index contributed by atoms with van der Waals surface area (Å²) in [6, 6.07) is 5.01. The van der Waals surface area contributed by atoms with Gasteiger partial charge in [-0.15, -0.1) is 0 Å². The van der Waals surface area contributed by atoms with Gasteiger partial charge in [0.05, 0.1) is 18.8 Å². The van der Waals surface area contributed by atoms with Crippen LogP contribution in [0.3, 0.4) is 0 Å². The Labute approximate surface area is 124 Å². The van der Waals surface area contributed by atoms with Gasteiger partial charge in [-0.25, -0.2) is 4.39 Å². The summed E-state index contributed by atoms with van der Waals surface area (Å²) in [5.41, 5.74) is 6.19. The minimum Gasteiger partial charge on any atom is -0.487 e. The molecule has 2 fully saturated rings. The van der Waals surface area contributed by atoms with E-state index in [1.807, 2.05) is 6.07 Å². The first-order chi connectivity index (χ1) is 10.2. The molecule has 2 heterocycles. The topological polar surface area (TPSA) is 53.7 Å². The zero-order valence-electron chi connectivity index (χ0n) is 12.1. The fraction of sp³-hybridized carbons (Fsp3) is 0.625. The second-order valence-electron chi connectivity index (χ2n) is 5.83. The SMILES string of the molecule is NCCc1cccc(F)c1OC1CCOC2(CCOC2)C1. The normalized spacial score (nSPS) is 29.0. The van der Waals surface area contributed by atoms with Crippen LogP contribution >= 0.6 is 0 Å². The molecule has 116 valence electrons. The predicted molar refractivity (Wildman–Crippen MR) is 76.9 cm³/mol. The summed E-state index contributed by atoms with van der Waals surface area (Å²) >= 11 is 0. The number of ether oxygens (including phenoxy) is 3. The van der Waals surface area contributed by atoms with Crippen molar-refractivity contribution in [2.75, 3.05) is 26.4 Å². The molecule has 0 aromatic heterocycles. The van der Waals surface area contributed by atoms with Crippen LogP contribution in [0, 0.1) is 5.82 Å². The molecule has 2 N–H and O–H groups in total. The van der Waals surface area contributed by atoms with Gasteiger partial charge in [-0.3, -0.25) is 0 Å². The van der Waals surface area contributed by atoms with Crippen molar-refractivity contribution >= 4 is 0 Å². The van der Waals surface area contributed by atoms with Gasteiger partial charge in [0.1, 0.15) is 6.10 Å². The molecule has 2 unspecified atom stereocenters. The van der Waals surface area contributed by atoms with Crippen LogP contribution in [0.2, 0.25) is 0 Å². The summed E-state index contributed by atoms with van der Waals surface area (Å²) in [4.78, 5) is 0. The summed E-state index contributed by atoms with van der Waals surface area (Å²) < 4.78 is 31.4. The van der Waals surface area contributed by atoms with Gasteiger partial charge in [0.15, 0.2) is 11.6 Å². The molecular formula is C16H22FNO3. The van der Waals surface area contributed by atoms with E-state index in [-0.39, 0.29) is 17.5 Å². The Morgan fingerprint density at radius 2 is 2.29 bits per heavy atom. The fourth-order valence-corrected chi connectivity index (χ4v) is 3.15. The molecule has 0 aliphatic carbocycles. The summed E-state index contributed by atoms with van der Waals surface area (Å²) in [6.45, 7) is 2.45. The van der Waals surface area contributed by atoms with Gasteiger partial charge in [-0.1, -0.05) is 12.1 Å². The first-order valence-electron chi connectivity index (χ1n) is 7.58. The molecule has 3 rings (SSSR count). The lowest BCUT2D eigenvalue weighted by Gasteiger charge is -2.37. The smallest absolute Gasteiger partial charge is 0.165 e. The van der Waals surface area contributed by atoms with Crippen molar-refractivity contribution in [2.45, 2.75) is 37.4 Å². The Bertz CT molecular complexity index is 488. The molecule has 2 atom stereocenters. The summed E-state index contributed by atoms with van der Waals surface area (Å²) in [6.07, 6.45) is 3.00. The summed E-state index contributed by atoms with van der Waals surface area (Å²) in [5.74, 6) is 0.0353. The maximum Gasteiger partial charge on any atom is 0.165 e. The highest BCUT2D eigenvalue weighted by Gasteiger charge is 2.42. The number of hydrogen-bond donors (Lipinski definition) is 1. The number of benzene rings is 1. The lowest BCUT2D eigenvalue weighted by Crippen LogP contribution is -2.44. The van der Waals surface area contributed by atoms with Crippen molar-refractivity contribution in [3.8, 4) is 5.75 Å². The van der Waals surface area contributed by atoms with Gasteiger partial charge in [0.2, 0.25) is 0 Å². The van der Waals surface area contributed by atoms with Crippen LogP contribution in [0.4, 0.5) is 4.39 Å². The van der Waals surface area contributed by atoms with Crippen molar-refractivity contribution in [1.29, 1.82) is 0 Å². The number of para-hydroxylation sites is 1. The van der Waals surface area contributed by atoms with E-state index < -0.39 is 0 Å². The standard InChI is InChI=1S/C16H22FNO3/c17-14-3-1-2-12(4-7-18)15(14)21-13-5-8-20-16(10-13)6-9-19-11-16/h1-3,13H,4-11,18H2. The van der Waals surface area contributed by atoms with E-state index in [0.29, 0.717) is 31.9 Å². The second kappa shape index (κ2) is 6.30. The van der Waals surface area contributed by atoms with Crippen molar-refractivity contribution in [2.24, 2.45) is 5.73 Å². The minimum absolute atomic E-state index is 0.0334. The molecule has 0 amide bonds. The van der Waals surface area contributed by atoms with E-state index in [1.54, 1.807) is 6.07 Å². The molecular weight excluding hydrogens is 273 g/mol. The van der Waals surface area contributed by atoms with Crippen LogP contribution in [0.15, 0.2) is 18.2 Å². The highest BCUT2D eigenvalue weighted by Crippen LogP contribution is 2.35. The Kier molecular flexibility index (Phi) is 4.42. The Morgan fingerprint density at radius 1 is 1.38 bits per heavy atom. The minimum atomic E-state index is -0.316. The summed E-state index contributed by atoms with van der Waals surface area (Å²) in [7, 11) is 0. The third kappa shape index (κ3) is 3.20. The van der Waals surface area contributed by atoms with E-state index in [2.05, 4.69) is 0 Å². The summed E-state index contributed by atoms with van der Waals surface area (Å²) in [5, 5.41) is 0. The number of halogens is 1. The second-order valence-corrected chi connectivity index (χ2v) is 5.83. The van der Waals surface area contributed by atoms with E-state index in [9.17, 15) is 4.39 Å². The molecule has 0 radical (unpaired) electrons. The van der Waals surface area contributed by atoms with E-state index >= 15 is 0 Å². The van der Waals surface area contributed by atoms with Crippen molar-refractivity contribution < 1.29 is 18.6 Å². The molecule has 0 bridgehead atoms. The Balaban J connectivity index is 1.74. The third-order valence-electron chi connectivity index (χ3n) is 4.26. The number of hydrogen-bond acceptors (Lipinski definition) is 4. The van der Waals surface area contributed by atoms with Crippen LogP contribution in [0.25, 0.3) is 0 Å². The van der Waals surface area contributed by atoms with Gasteiger partial charge in [0.25, 0.3) is 0 Å². The first kappa shape index (κ1) is 14.8. The lowest BCUT2D eigenvalue weighted by molar-refractivity contribution is -0.112. The Morgan fingerprint density at radius 3 is 3.05 bits per heavy atom. The van der Waals surface area contributed by atoms with Crippen molar-refractivity contribution in [1.82, 2.24) is 0 Å². The zero-order valence-corrected chi connectivity index (χ0v) is 12.1. The third-order valence-corrected chi connectivity index (χ3v) is 4.26. The maximum absolute atomic E-state index is 14.1. The van der Waals surface area contributed by atoms with Crippen LogP contribution in [-0.4, -0.2) is 38.1 Å². The van der Waals surface area contributed by atoms with Gasteiger partial charge in [-0.05, 0) is 24.6 Å². The highest BCUT2D eigenvalue weighted by molar-refractivity contribution is 5.35. The molecule has 1 aromatic rings. The van der Waals surface area contributed by atoms with Crippen LogP contribution in [0.1, 0.15) is 24.8 Å². The molecule has 0 saturated carbocycles. The molecule has 2 aliphatic rings. The van der Waals surface area contributed by atoms with E-state index in [0.717, 1.165) is 31.4 Å². The van der Waals surface area contributed by atoms with Gasteiger partial charge < -0.3 is 19.9 Å². The van der Waals surface area contributed by atoms with Crippen LogP contribution < -0.4 is 10.5 Å².